The molecule has 0 fully saturated rings. The number of aliphatic hydroxyl groups is 1. The molecule has 6 heteroatoms. The molecule has 3 aromatic rings. The summed E-state index contributed by atoms with van der Waals surface area (Å²) in [4.78, 5) is 18.5. The summed E-state index contributed by atoms with van der Waals surface area (Å²) >= 11 is 0. The molecule has 0 aliphatic heterocycles. The van der Waals surface area contributed by atoms with Gasteiger partial charge in [0.05, 0.1) is 6.10 Å². The molecule has 0 saturated carbocycles. The van der Waals surface area contributed by atoms with Gasteiger partial charge in [-0.1, -0.05) is 29.3 Å². The second-order valence-corrected chi connectivity index (χ2v) is 6.72. The van der Waals surface area contributed by atoms with Crippen LogP contribution < -0.4 is 10.2 Å². The molecule has 26 heavy (non-hydrogen) atoms. The number of anilines is 1. The Morgan fingerprint density at radius 3 is 2.54 bits per heavy atom. The van der Waals surface area contributed by atoms with Crippen LogP contribution in [0.15, 0.2) is 40.8 Å². The summed E-state index contributed by atoms with van der Waals surface area (Å²) in [6, 6.07) is 11.5. The number of aromatic nitrogens is 1. The first-order valence-corrected chi connectivity index (χ1v) is 8.46. The molecule has 0 radical (unpaired) electrons. The minimum Gasteiger partial charge on any atom is -0.423 e. The van der Waals surface area contributed by atoms with Gasteiger partial charge in [-0.25, -0.2) is 0 Å². The Kier molecular flexibility index (Phi) is 4.95. The van der Waals surface area contributed by atoms with E-state index < -0.39 is 6.10 Å². The number of amides is 1. The Balaban J connectivity index is 1.70. The molecule has 1 amide bonds. The summed E-state index contributed by atoms with van der Waals surface area (Å²) in [5, 5.41) is 13.1. The van der Waals surface area contributed by atoms with Crippen LogP contribution in [0, 0.1) is 13.8 Å². The quantitative estimate of drug-likeness (QED) is 0.737. The number of hydrogen-bond acceptors (Lipinski definition) is 5. The predicted molar refractivity (Wildman–Crippen MR) is 102 cm³/mol. The lowest BCUT2D eigenvalue weighted by molar-refractivity contribution is 0.0916. The van der Waals surface area contributed by atoms with Gasteiger partial charge in [-0.3, -0.25) is 4.79 Å². The van der Waals surface area contributed by atoms with Gasteiger partial charge >= 0.3 is 0 Å². The van der Waals surface area contributed by atoms with Crippen molar-refractivity contribution >= 4 is 23.0 Å². The van der Waals surface area contributed by atoms with Gasteiger partial charge in [0.2, 0.25) is 0 Å². The number of oxazole rings is 1. The van der Waals surface area contributed by atoms with Gasteiger partial charge in [0.15, 0.2) is 5.58 Å². The number of hydrogen-bond donors (Lipinski definition) is 2. The molecule has 1 unspecified atom stereocenters. The van der Waals surface area contributed by atoms with Crippen molar-refractivity contribution in [2.45, 2.75) is 20.0 Å². The average Bonchev–Trinajstić information content (AvgIpc) is 3.02. The van der Waals surface area contributed by atoms with E-state index in [1.165, 1.54) is 0 Å². The van der Waals surface area contributed by atoms with E-state index in [2.05, 4.69) is 10.3 Å². The maximum Gasteiger partial charge on any atom is 0.297 e. The fraction of sp³-hybridized carbons (Fsp3) is 0.300. The topological polar surface area (TPSA) is 78.6 Å². The van der Waals surface area contributed by atoms with E-state index in [0.717, 1.165) is 16.7 Å². The van der Waals surface area contributed by atoms with Gasteiger partial charge in [0.1, 0.15) is 5.52 Å². The van der Waals surface area contributed by atoms with Crippen LogP contribution in [-0.4, -0.2) is 36.6 Å². The first kappa shape index (κ1) is 17.9. The number of nitrogens with one attached hydrogen (secondary N) is 1. The molecule has 3 rings (SSSR count). The Bertz CT molecular complexity index is 926. The molecule has 0 spiro atoms. The molecule has 0 bridgehead atoms. The second kappa shape index (κ2) is 7.17. The standard InChI is InChI=1S/C20H23N3O3/c1-12-7-13(2)9-15(8-12)17(24)11-21-19(25)14-5-6-18-16(10-14)22-20(26-18)23(3)4/h5-10,17,24H,11H2,1-4H3,(H,21,25). The van der Waals surface area contributed by atoms with Crippen LogP contribution in [0.5, 0.6) is 0 Å². The maximum absolute atomic E-state index is 12.4. The average molecular weight is 353 g/mol. The van der Waals surface area contributed by atoms with E-state index in [4.69, 9.17) is 4.42 Å². The molecule has 136 valence electrons. The number of carbonyl (C=O) groups excluding carboxylic acids is 1. The highest BCUT2D eigenvalue weighted by atomic mass is 16.4. The van der Waals surface area contributed by atoms with Gasteiger partial charge in [-0.15, -0.1) is 0 Å². The van der Waals surface area contributed by atoms with Crippen molar-refractivity contribution in [1.82, 2.24) is 10.3 Å². The summed E-state index contributed by atoms with van der Waals surface area (Å²) in [6.45, 7) is 4.11. The molecule has 1 atom stereocenters. The number of aliphatic hydroxyl groups excluding tert-OH is 1. The molecule has 0 aliphatic carbocycles. The van der Waals surface area contributed by atoms with Gasteiger partial charge < -0.3 is 19.7 Å². The minimum atomic E-state index is -0.756. The van der Waals surface area contributed by atoms with E-state index >= 15 is 0 Å². The van der Waals surface area contributed by atoms with Crippen molar-refractivity contribution in [2.24, 2.45) is 0 Å². The van der Waals surface area contributed by atoms with Crippen molar-refractivity contribution in [2.75, 3.05) is 25.5 Å². The van der Waals surface area contributed by atoms with Crippen molar-refractivity contribution in [1.29, 1.82) is 0 Å². The normalized spacial score (nSPS) is 12.2. The molecule has 0 saturated heterocycles. The SMILES string of the molecule is Cc1cc(C)cc(C(O)CNC(=O)c2ccc3oc(N(C)C)nc3c2)c1. The number of carbonyl (C=O) groups is 1. The van der Waals surface area contributed by atoms with Gasteiger partial charge in [0, 0.05) is 26.2 Å². The lowest BCUT2D eigenvalue weighted by Gasteiger charge is -2.14. The molecular weight excluding hydrogens is 330 g/mol. The lowest BCUT2D eigenvalue weighted by atomic mass is 10.0. The predicted octanol–water partition coefficient (Wildman–Crippen LogP) is 2.97. The van der Waals surface area contributed by atoms with Gasteiger partial charge in [0.25, 0.3) is 11.9 Å². The zero-order valence-electron chi connectivity index (χ0n) is 15.4. The monoisotopic (exact) mass is 353 g/mol. The first-order valence-electron chi connectivity index (χ1n) is 8.46. The molecular formula is C20H23N3O3. The number of nitrogens with zero attached hydrogens (tertiary/aromatic N) is 2. The van der Waals surface area contributed by atoms with Crippen molar-refractivity contribution in [3.63, 3.8) is 0 Å². The van der Waals surface area contributed by atoms with E-state index in [9.17, 15) is 9.90 Å². The van der Waals surface area contributed by atoms with Crippen LogP contribution >= 0.6 is 0 Å². The Morgan fingerprint density at radius 2 is 1.88 bits per heavy atom. The summed E-state index contributed by atoms with van der Waals surface area (Å²) in [6.07, 6.45) is -0.756. The third-order valence-corrected chi connectivity index (χ3v) is 4.11. The first-order chi connectivity index (χ1) is 12.3. The number of benzene rings is 2. The molecule has 6 nitrogen and oxygen atoms in total. The number of rotatable bonds is 5. The van der Waals surface area contributed by atoms with E-state index in [1.54, 1.807) is 23.1 Å². The van der Waals surface area contributed by atoms with Crippen LogP contribution in [0.25, 0.3) is 11.1 Å². The van der Waals surface area contributed by atoms with Gasteiger partial charge in [-0.05, 0) is 37.6 Å². The highest BCUT2D eigenvalue weighted by Gasteiger charge is 2.14. The number of aryl methyl sites for hydroxylation is 2. The molecule has 0 aliphatic rings. The van der Waals surface area contributed by atoms with E-state index in [-0.39, 0.29) is 12.5 Å². The Labute approximate surface area is 152 Å². The third-order valence-electron chi connectivity index (χ3n) is 4.11. The smallest absolute Gasteiger partial charge is 0.297 e. The largest absolute Gasteiger partial charge is 0.423 e. The van der Waals surface area contributed by atoms with Gasteiger partial charge in [-0.2, -0.15) is 4.98 Å². The van der Waals surface area contributed by atoms with Crippen LogP contribution in [0.3, 0.4) is 0 Å². The summed E-state index contributed by atoms with van der Waals surface area (Å²) in [5.74, 6) is -0.260. The zero-order valence-corrected chi connectivity index (χ0v) is 15.4. The molecule has 2 N–H and O–H groups in total. The fourth-order valence-corrected chi connectivity index (χ4v) is 2.86. The van der Waals surface area contributed by atoms with Crippen molar-refractivity contribution in [3.8, 4) is 0 Å². The van der Waals surface area contributed by atoms with Crippen LogP contribution in [0.1, 0.15) is 33.2 Å². The zero-order chi connectivity index (χ0) is 18.8. The van der Waals surface area contributed by atoms with Crippen LogP contribution in [0.4, 0.5) is 6.01 Å². The van der Waals surface area contributed by atoms with Crippen LogP contribution in [0.2, 0.25) is 0 Å². The molecule has 2 aromatic carbocycles. The Hall–Kier alpha value is -2.86. The summed E-state index contributed by atoms with van der Waals surface area (Å²) in [7, 11) is 3.68. The van der Waals surface area contributed by atoms with Crippen molar-refractivity contribution < 1.29 is 14.3 Å². The maximum atomic E-state index is 12.4. The minimum absolute atomic E-state index is 0.140. The van der Waals surface area contributed by atoms with E-state index in [0.29, 0.717) is 22.7 Å². The highest BCUT2D eigenvalue weighted by Crippen LogP contribution is 2.22. The molecule has 1 heterocycles. The highest BCUT2D eigenvalue weighted by molar-refractivity contribution is 5.97. The summed E-state index contributed by atoms with van der Waals surface area (Å²) < 4.78 is 5.59. The molecule has 1 aromatic heterocycles. The number of fused-ring (bicyclic) bond motifs is 1. The summed E-state index contributed by atoms with van der Waals surface area (Å²) in [5.41, 5.74) is 4.68. The van der Waals surface area contributed by atoms with Crippen LogP contribution in [-0.2, 0) is 0 Å². The Morgan fingerprint density at radius 1 is 1.19 bits per heavy atom. The second-order valence-electron chi connectivity index (χ2n) is 6.72. The third kappa shape index (κ3) is 3.86. The fourth-order valence-electron chi connectivity index (χ4n) is 2.86. The lowest BCUT2D eigenvalue weighted by Crippen LogP contribution is -2.28. The van der Waals surface area contributed by atoms with E-state index in [1.807, 2.05) is 46.1 Å². The van der Waals surface area contributed by atoms with Crippen molar-refractivity contribution in [3.05, 3.63) is 58.7 Å².